The summed E-state index contributed by atoms with van der Waals surface area (Å²) in [5.74, 6) is 1.39. The van der Waals surface area contributed by atoms with E-state index in [1.807, 2.05) is 25.1 Å². The standard InChI is InChI=1S/C17H28N2O2/c1-5-8-19-10-16(11(2)3)21-15-7-6-13(9-14(15)19)17(20)12(4)18/h6-7,9,11-12,16-17,20H,5,8,10,18H2,1-4H3. The van der Waals surface area contributed by atoms with Gasteiger partial charge in [0.15, 0.2) is 0 Å². The Balaban J connectivity index is 2.33. The van der Waals surface area contributed by atoms with E-state index < -0.39 is 6.10 Å². The average molecular weight is 292 g/mol. The molecule has 4 heteroatoms. The van der Waals surface area contributed by atoms with Crippen LogP contribution in [0.2, 0.25) is 0 Å². The van der Waals surface area contributed by atoms with Crippen LogP contribution in [0.5, 0.6) is 5.75 Å². The van der Waals surface area contributed by atoms with Gasteiger partial charge in [-0.15, -0.1) is 0 Å². The van der Waals surface area contributed by atoms with Crippen LogP contribution in [0.4, 0.5) is 5.69 Å². The molecule has 0 radical (unpaired) electrons. The minimum Gasteiger partial charge on any atom is -0.486 e. The Labute approximate surface area is 127 Å². The van der Waals surface area contributed by atoms with Gasteiger partial charge in [0.05, 0.1) is 18.3 Å². The van der Waals surface area contributed by atoms with E-state index in [2.05, 4.69) is 25.7 Å². The maximum atomic E-state index is 10.2. The second kappa shape index (κ2) is 6.67. The number of aliphatic hydroxyl groups excluding tert-OH is 1. The van der Waals surface area contributed by atoms with Gasteiger partial charge in [0, 0.05) is 12.6 Å². The lowest BCUT2D eigenvalue weighted by atomic mass is 10.00. The van der Waals surface area contributed by atoms with Gasteiger partial charge < -0.3 is 20.5 Å². The molecule has 0 fully saturated rings. The molecule has 4 nitrogen and oxygen atoms in total. The molecule has 0 bridgehead atoms. The normalized spacial score (nSPS) is 20.9. The van der Waals surface area contributed by atoms with Crippen molar-refractivity contribution in [3.63, 3.8) is 0 Å². The summed E-state index contributed by atoms with van der Waals surface area (Å²) in [6.07, 6.45) is 0.666. The number of anilines is 1. The molecule has 118 valence electrons. The SMILES string of the molecule is CCCN1CC(C(C)C)Oc2ccc(C(O)C(C)N)cc21. The van der Waals surface area contributed by atoms with E-state index in [1.54, 1.807) is 0 Å². The lowest BCUT2D eigenvalue weighted by molar-refractivity contribution is 0.143. The van der Waals surface area contributed by atoms with Crippen molar-refractivity contribution < 1.29 is 9.84 Å². The van der Waals surface area contributed by atoms with Crippen LogP contribution < -0.4 is 15.4 Å². The topological polar surface area (TPSA) is 58.7 Å². The van der Waals surface area contributed by atoms with Crippen LogP contribution >= 0.6 is 0 Å². The van der Waals surface area contributed by atoms with Crippen molar-refractivity contribution in [3.05, 3.63) is 23.8 Å². The first-order chi connectivity index (χ1) is 9.93. The van der Waals surface area contributed by atoms with Crippen molar-refractivity contribution in [3.8, 4) is 5.75 Å². The number of ether oxygens (including phenoxy) is 1. The summed E-state index contributed by atoms with van der Waals surface area (Å²) in [6, 6.07) is 5.62. The van der Waals surface area contributed by atoms with Gasteiger partial charge in [-0.1, -0.05) is 26.8 Å². The molecule has 0 aliphatic carbocycles. The Bertz CT molecular complexity index is 474. The fourth-order valence-corrected chi connectivity index (χ4v) is 2.71. The molecule has 3 N–H and O–H groups in total. The van der Waals surface area contributed by atoms with E-state index in [1.165, 1.54) is 0 Å². The summed E-state index contributed by atoms with van der Waals surface area (Å²) in [5.41, 5.74) is 7.74. The summed E-state index contributed by atoms with van der Waals surface area (Å²) >= 11 is 0. The number of hydrogen-bond donors (Lipinski definition) is 2. The number of rotatable bonds is 5. The second-order valence-electron chi connectivity index (χ2n) is 6.38. The van der Waals surface area contributed by atoms with Crippen molar-refractivity contribution >= 4 is 5.69 Å². The zero-order valence-electron chi connectivity index (χ0n) is 13.5. The second-order valence-corrected chi connectivity index (χ2v) is 6.38. The fraction of sp³-hybridized carbons (Fsp3) is 0.647. The monoisotopic (exact) mass is 292 g/mol. The smallest absolute Gasteiger partial charge is 0.143 e. The van der Waals surface area contributed by atoms with Crippen LogP contribution in [0.3, 0.4) is 0 Å². The quantitative estimate of drug-likeness (QED) is 0.876. The molecule has 0 aromatic heterocycles. The van der Waals surface area contributed by atoms with Crippen LogP contribution in [0, 0.1) is 5.92 Å². The van der Waals surface area contributed by atoms with Crippen LogP contribution in [0.15, 0.2) is 18.2 Å². The predicted octanol–water partition coefficient (Wildman–Crippen LogP) is 2.70. The van der Waals surface area contributed by atoms with Gasteiger partial charge in [-0.2, -0.15) is 0 Å². The summed E-state index contributed by atoms with van der Waals surface area (Å²) in [5, 5.41) is 10.2. The summed E-state index contributed by atoms with van der Waals surface area (Å²) in [4.78, 5) is 2.36. The number of benzene rings is 1. The highest BCUT2D eigenvalue weighted by Crippen LogP contribution is 2.37. The van der Waals surface area contributed by atoms with Gasteiger partial charge in [0.1, 0.15) is 11.9 Å². The fourth-order valence-electron chi connectivity index (χ4n) is 2.71. The zero-order valence-corrected chi connectivity index (χ0v) is 13.5. The summed E-state index contributed by atoms with van der Waals surface area (Å²) in [7, 11) is 0. The number of aliphatic hydroxyl groups is 1. The van der Waals surface area contributed by atoms with Crippen LogP contribution in [-0.4, -0.2) is 30.3 Å². The van der Waals surface area contributed by atoms with Crippen molar-refractivity contribution in [1.82, 2.24) is 0 Å². The Morgan fingerprint density at radius 3 is 2.67 bits per heavy atom. The third-order valence-corrected chi connectivity index (χ3v) is 4.08. The summed E-state index contributed by atoms with van der Waals surface area (Å²) < 4.78 is 6.11. The maximum absolute atomic E-state index is 10.2. The third kappa shape index (κ3) is 3.50. The number of nitrogens with zero attached hydrogens (tertiary/aromatic N) is 1. The van der Waals surface area contributed by atoms with Gasteiger partial charge in [-0.25, -0.2) is 0 Å². The minimum absolute atomic E-state index is 0.216. The van der Waals surface area contributed by atoms with Crippen LogP contribution in [-0.2, 0) is 0 Å². The van der Waals surface area contributed by atoms with E-state index in [0.29, 0.717) is 5.92 Å². The first-order valence-electron chi connectivity index (χ1n) is 7.93. The highest BCUT2D eigenvalue weighted by atomic mass is 16.5. The van der Waals surface area contributed by atoms with Gasteiger partial charge >= 0.3 is 0 Å². The van der Waals surface area contributed by atoms with E-state index in [0.717, 1.165) is 36.5 Å². The molecule has 0 saturated carbocycles. The molecule has 1 aromatic carbocycles. The largest absolute Gasteiger partial charge is 0.486 e. The lowest BCUT2D eigenvalue weighted by Gasteiger charge is -2.38. The maximum Gasteiger partial charge on any atom is 0.143 e. The van der Waals surface area contributed by atoms with Crippen molar-refractivity contribution in [2.75, 3.05) is 18.0 Å². The van der Waals surface area contributed by atoms with Gasteiger partial charge in [-0.3, -0.25) is 0 Å². The van der Waals surface area contributed by atoms with E-state index in [-0.39, 0.29) is 12.1 Å². The molecule has 1 aromatic rings. The number of fused-ring (bicyclic) bond motifs is 1. The Morgan fingerprint density at radius 2 is 2.10 bits per heavy atom. The van der Waals surface area contributed by atoms with Crippen molar-refractivity contribution in [2.24, 2.45) is 11.7 Å². The molecule has 0 saturated heterocycles. The van der Waals surface area contributed by atoms with Gasteiger partial charge in [-0.05, 0) is 37.0 Å². The van der Waals surface area contributed by atoms with E-state index >= 15 is 0 Å². The molecule has 0 amide bonds. The third-order valence-electron chi connectivity index (χ3n) is 4.08. The zero-order chi connectivity index (χ0) is 15.6. The number of nitrogens with two attached hydrogens (primary N) is 1. The molecule has 0 spiro atoms. The molecule has 2 rings (SSSR count). The lowest BCUT2D eigenvalue weighted by Crippen LogP contribution is -2.43. The highest BCUT2D eigenvalue weighted by Gasteiger charge is 2.28. The van der Waals surface area contributed by atoms with E-state index in [9.17, 15) is 5.11 Å². The Morgan fingerprint density at radius 1 is 1.38 bits per heavy atom. The molecular formula is C17H28N2O2. The Kier molecular flexibility index (Phi) is 5.12. The minimum atomic E-state index is -0.637. The molecule has 1 heterocycles. The first kappa shape index (κ1) is 16.1. The first-order valence-corrected chi connectivity index (χ1v) is 7.93. The van der Waals surface area contributed by atoms with Gasteiger partial charge in [0.2, 0.25) is 0 Å². The van der Waals surface area contributed by atoms with E-state index in [4.69, 9.17) is 10.5 Å². The molecule has 3 unspecified atom stereocenters. The average Bonchev–Trinajstić information content (AvgIpc) is 2.46. The molecule has 21 heavy (non-hydrogen) atoms. The predicted molar refractivity (Wildman–Crippen MR) is 86.8 cm³/mol. The van der Waals surface area contributed by atoms with Crippen LogP contribution in [0.25, 0.3) is 0 Å². The van der Waals surface area contributed by atoms with Crippen molar-refractivity contribution in [2.45, 2.75) is 52.4 Å². The van der Waals surface area contributed by atoms with Gasteiger partial charge in [0.25, 0.3) is 0 Å². The Hall–Kier alpha value is -1.26. The van der Waals surface area contributed by atoms with Crippen molar-refractivity contribution in [1.29, 1.82) is 0 Å². The molecule has 1 aliphatic heterocycles. The molecule has 1 aliphatic rings. The molecular weight excluding hydrogens is 264 g/mol. The highest BCUT2D eigenvalue weighted by molar-refractivity contribution is 5.62. The summed E-state index contributed by atoms with van der Waals surface area (Å²) in [6.45, 7) is 10.3. The molecule has 3 atom stereocenters. The number of hydrogen-bond acceptors (Lipinski definition) is 4. The van der Waals surface area contributed by atoms with Crippen LogP contribution in [0.1, 0.15) is 45.8 Å².